The van der Waals surface area contributed by atoms with Gasteiger partial charge in [0.05, 0.1) is 6.61 Å². The van der Waals surface area contributed by atoms with Crippen molar-refractivity contribution >= 4 is 0 Å². The molecule has 5 heavy (non-hydrogen) atoms. The highest BCUT2D eigenvalue weighted by atomic mass is 16.6. The number of hydrogen-bond donors (Lipinski definition) is 1. The van der Waals surface area contributed by atoms with E-state index in [2.05, 4.69) is 4.84 Å². The molecule has 1 heterocycles. The van der Waals surface area contributed by atoms with E-state index in [0.717, 1.165) is 0 Å². The van der Waals surface area contributed by atoms with Gasteiger partial charge in [-0.25, -0.2) is 5.47 Å². The molecule has 0 aromatic heterocycles. The first kappa shape index (κ1) is 0.768. The Morgan fingerprint density at radius 2 is 3.20 bits per heavy atom. The van der Waals surface area contributed by atoms with E-state index in [4.69, 9.17) is 6.89 Å². The molecular formula is C3H7NO. The van der Waals surface area contributed by atoms with E-state index >= 15 is 0 Å². The molecular weight excluding hydrogens is 66.0 g/mol. The molecule has 0 amide bonds. The fourth-order valence-corrected chi connectivity index (χ4v) is 0.161. The third-order valence-electron chi connectivity index (χ3n) is 0.326. The van der Waals surface area contributed by atoms with Crippen LogP contribution in [-0.2, 0) is 4.84 Å². The van der Waals surface area contributed by atoms with Crippen LogP contribution in [0.15, 0.2) is 0 Å². The molecule has 2 heteroatoms. The van der Waals surface area contributed by atoms with Crippen molar-refractivity contribution in [3.05, 3.63) is 0 Å². The average Bonchev–Trinajstić information content (AvgIpc) is 1.94. The van der Waals surface area contributed by atoms with Crippen LogP contribution >= 0.6 is 0 Å². The summed E-state index contributed by atoms with van der Waals surface area (Å²) >= 11 is 0. The molecule has 0 aliphatic carbocycles. The normalized spacial score (nSPS) is 62.8. The molecule has 0 radical (unpaired) electrons. The van der Waals surface area contributed by atoms with Crippen LogP contribution in [0, 0.1) is 0 Å². The Bertz CT molecular complexity index is 148. The zero-order chi connectivity index (χ0) is 7.99. The zero-order valence-electron chi connectivity index (χ0n) is 7.56. The standard InChI is InChI=1S/C3H7NO/c1-2-4-5-3-1/h4H,1-3H2/i1D2,2D2/hD. The molecule has 0 aromatic rings. The van der Waals surface area contributed by atoms with Crippen LogP contribution in [0.5, 0.6) is 0 Å². The van der Waals surface area contributed by atoms with Crippen LogP contribution in [0.25, 0.3) is 0 Å². The van der Waals surface area contributed by atoms with Gasteiger partial charge in [-0.2, -0.15) is 0 Å². The van der Waals surface area contributed by atoms with E-state index in [1.54, 1.807) is 0 Å². The Hall–Kier alpha value is -0.0800. The largest absolute Gasteiger partial charge is 0.302 e. The zero-order valence-corrected chi connectivity index (χ0v) is 2.56. The van der Waals surface area contributed by atoms with Gasteiger partial charge in [0.1, 0.15) is 0 Å². The maximum absolute atomic E-state index is 7.02. The molecule has 1 aliphatic heterocycles. The van der Waals surface area contributed by atoms with E-state index in [-0.39, 0.29) is 5.47 Å². The maximum Gasteiger partial charge on any atom is 0.155 e. The van der Waals surface area contributed by atoms with Gasteiger partial charge in [-0.05, 0) is 6.37 Å². The lowest BCUT2D eigenvalue weighted by Crippen LogP contribution is -2.01. The molecule has 1 saturated heterocycles. The first-order chi connectivity index (χ1) is 4.38. The predicted octanol–water partition coefficient (Wildman–Crippen LogP) is -0.0887. The van der Waals surface area contributed by atoms with Crippen molar-refractivity contribution in [2.24, 2.45) is 0 Å². The molecule has 1 fully saturated rings. The summed E-state index contributed by atoms with van der Waals surface area (Å²) in [6.07, 6.45) is -2.09. The summed E-state index contributed by atoms with van der Waals surface area (Å²) in [7, 11) is 0. The van der Waals surface area contributed by atoms with Gasteiger partial charge in [-0.1, -0.05) is 0 Å². The molecule has 30 valence electrons. The highest BCUT2D eigenvalue weighted by Crippen LogP contribution is 1.83. The van der Waals surface area contributed by atoms with E-state index < -0.39 is 19.5 Å². The summed E-state index contributed by atoms with van der Waals surface area (Å²) in [5.41, 5.74) is 0.160. The Balaban J connectivity index is 2.84. The third-order valence-corrected chi connectivity index (χ3v) is 0.326. The van der Waals surface area contributed by atoms with Gasteiger partial charge in [-0.3, -0.25) is 0 Å². The Kier molecular flexibility index (Phi) is 0.212. The second-order valence-electron chi connectivity index (χ2n) is 0.653. The summed E-state index contributed by atoms with van der Waals surface area (Å²) in [5.74, 6) is 0. The summed E-state index contributed by atoms with van der Waals surface area (Å²) in [6, 6.07) is 0. The van der Waals surface area contributed by atoms with Crippen LogP contribution in [0.1, 0.15) is 11.9 Å². The van der Waals surface area contributed by atoms with Crippen LogP contribution in [0.2, 0.25) is 1.41 Å². The van der Waals surface area contributed by atoms with Gasteiger partial charge >= 0.3 is 0 Å². The number of hydroxylamine groups is 1. The van der Waals surface area contributed by atoms with Gasteiger partial charge in [0.15, 0.2) is 1.41 Å². The first-order valence-corrected chi connectivity index (χ1v) is 1.30. The molecule has 1 N–H and O–H groups in total. The van der Waals surface area contributed by atoms with Crippen LogP contribution in [-0.4, -0.2) is 13.1 Å². The summed E-state index contributed by atoms with van der Waals surface area (Å²) in [5, 5.41) is 0. The monoisotopic (exact) mass is 78.1 g/mol. The van der Waals surface area contributed by atoms with Crippen molar-refractivity contribution in [3.63, 3.8) is 0 Å². The van der Waals surface area contributed by atoms with Crippen molar-refractivity contribution in [1.82, 2.24) is 5.47 Å². The minimum absolute atomic E-state index is 0.160. The number of nitrogens with one attached hydrogen (secondary N) is 1. The molecule has 0 aromatic carbocycles. The Morgan fingerprint density at radius 3 is 3.40 bits per heavy atom. The van der Waals surface area contributed by atoms with Gasteiger partial charge in [0, 0.05) is 12.0 Å². The second kappa shape index (κ2) is 1.38. The topological polar surface area (TPSA) is 21.3 Å². The van der Waals surface area contributed by atoms with Crippen molar-refractivity contribution < 1.29 is 11.7 Å². The Morgan fingerprint density at radius 1 is 2.20 bits per heavy atom. The fraction of sp³-hybridized carbons (Fsp3) is 1.00. The molecule has 0 atom stereocenters. The van der Waals surface area contributed by atoms with Crippen LogP contribution in [0.4, 0.5) is 0 Å². The lowest BCUT2D eigenvalue weighted by Gasteiger charge is -1.80. The summed E-state index contributed by atoms with van der Waals surface area (Å²) in [6.45, 7) is -2.74. The molecule has 0 spiro atoms. The lowest BCUT2D eigenvalue weighted by atomic mass is 10.5. The van der Waals surface area contributed by atoms with E-state index in [9.17, 15) is 0 Å². The third kappa shape index (κ3) is 0.597. The van der Waals surface area contributed by atoms with Crippen molar-refractivity contribution in [3.8, 4) is 0 Å². The van der Waals surface area contributed by atoms with Gasteiger partial charge in [0.2, 0.25) is 0 Å². The van der Waals surface area contributed by atoms with Crippen molar-refractivity contribution in [1.29, 1.82) is 0 Å². The van der Waals surface area contributed by atoms with E-state index in [0.29, 0.717) is 0 Å². The van der Waals surface area contributed by atoms with Gasteiger partial charge < -0.3 is 4.84 Å². The number of rotatable bonds is 0. The van der Waals surface area contributed by atoms with Crippen LogP contribution < -0.4 is 5.47 Å². The molecule has 0 bridgehead atoms. The van der Waals surface area contributed by atoms with E-state index in [1.165, 1.54) is 0 Å². The molecule has 1 aliphatic rings. The fourth-order valence-electron chi connectivity index (χ4n) is 0.161. The van der Waals surface area contributed by atoms with E-state index in [1.807, 2.05) is 0 Å². The lowest BCUT2D eigenvalue weighted by molar-refractivity contribution is 0.103. The molecule has 1 rings (SSSR count). The minimum Gasteiger partial charge on any atom is -0.302 e. The average molecular weight is 78.1 g/mol. The smallest absolute Gasteiger partial charge is 0.155 e. The Labute approximate surface area is 38.2 Å². The quantitative estimate of drug-likeness (QED) is 0.437. The summed E-state index contributed by atoms with van der Waals surface area (Å²) in [4.78, 5) is 4.33. The van der Waals surface area contributed by atoms with Crippen molar-refractivity contribution in [2.75, 3.05) is 13.1 Å². The predicted molar refractivity (Wildman–Crippen MR) is 18.6 cm³/mol. The molecule has 0 saturated carbocycles. The highest BCUT2D eigenvalue weighted by Gasteiger charge is 1.93. The minimum atomic E-state index is -2.34. The SMILES string of the molecule is [2H]N1OCC([2H])([2H])C1([2H])[2H]. The highest BCUT2D eigenvalue weighted by molar-refractivity contribution is 4.40. The second-order valence-corrected chi connectivity index (χ2v) is 0.653. The molecule has 0 unspecified atom stereocenters. The van der Waals surface area contributed by atoms with Gasteiger partial charge in [0.25, 0.3) is 0 Å². The van der Waals surface area contributed by atoms with Crippen LogP contribution in [0.3, 0.4) is 0 Å². The van der Waals surface area contributed by atoms with Crippen molar-refractivity contribution in [2.45, 2.75) is 6.37 Å². The summed E-state index contributed by atoms with van der Waals surface area (Å²) < 4.78 is 34.8. The first-order valence-electron chi connectivity index (χ1n) is 3.75. The molecule has 2 nitrogen and oxygen atoms in total. The maximum atomic E-state index is 7.02. The van der Waals surface area contributed by atoms with Gasteiger partial charge in [-0.15, -0.1) is 0 Å². The number of hydrogen-bond acceptors (Lipinski definition) is 2.